The minimum atomic E-state index is -0.137. The van der Waals surface area contributed by atoms with Crippen molar-refractivity contribution in [2.24, 2.45) is 5.92 Å². The van der Waals surface area contributed by atoms with Gasteiger partial charge in [0.05, 0.1) is 11.7 Å². The number of carbonyl (C=O) groups is 2. The average molecular weight is 483 g/mol. The van der Waals surface area contributed by atoms with Gasteiger partial charge in [0, 0.05) is 70.4 Å². The summed E-state index contributed by atoms with van der Waals surface area (Å²) in [5.74, 6) is 0.462. The summed E-state index contributed by atoms with van der Waals surface area (Å²) in [6, 6.07) is 9.34. The fraction of sp³-hybridized carbons (Fsp3) is 0.519. The molecule has 2 aromatic rings. The number of amides is 2. The molecule has 1 N–H and O–H groups in total. The number of anilines is 1. The normalized spacial score (nSPS) is 21.9. The lowest BCUT2D eigenvalue weighted by Gasteiger charge is -2.36. The summed E-state index contributed by atoms with van der Waals surface area (Å²) in [4.78, 5) is 33.6. The number of nitrogens with one attached hydrogen (secondary N) is 1. The summed E-state index contributed by atoms with van der Waals surface area (Å²) in [5.41, 5.74) is 2.26. The summed E-state index contributed by atoms with van der Waals surface area (Å²) in [7, 11) is 3.48. The van der Waals surface area contributed by atoms with Gasteiger partial charge < -0.3 is 19.7 Å². The molecule has 3 rings (SSSR count). The first-order valence-electron chi connectivity index (χ1n) is 12.3. The Bertz CT molecular complexity index is 984. The highest BCUT2D eigenvalue weighted by atomic mass is 16.5. The number of pyridine rings is 1. The highest BCUT2D eigenvalue weighted by Gasteiger charge is 2.28. The van der Waals surface area contributed by atoms with Gasteiger partial charge >= 0.3 is 0 Å². The van der Waals surface area contributed by atoms with Gasteiger partial charge in [0.25, 0.3) is 5.91 Å². The van der Waals surface area contributed by atoms with Gasteiger partial charge in [0.2, 0.25) is 5.91 Å². The van der Waals surface area contributed by atoms with Crippen LogP contribution in [0.15, 0.2) is 42.7 Å². The predicted molar refractivity (Wildman–Crippen MR) is 137 cm³/mol. The third-order valence-electron chi connectivity index (χ3n) is 6.47. The molecule has 0 bridgehead atoms. The Kier molecular flexibility index (Phi) is 9.63. The maximum Gasteiger partial charge on any atom is 0.257 e. The van der Waals surface area contributed by atoms with E-state index in [1.54, 1.807) is 49.7 Å². The summed E-state index contributed by atoms with van der Waals surface area (Å²) >= 11 is 0. The average Bonchev–Trinajstić information content (AvgIpc) is 2.85. The van der Waals surface area contributed by atoms with E-state index in [-0.39, 0.29) is 29.9 Å². The van der Waals surface area contributed by atoms with Crippen molar-refractivity contribution in [3.63, 3.8) is 0 Å². The Hall–Kier alpha value is -2.97. The fourth-order valence-electron chi connectivity index (χ4n) is 4.32. The third-order valence-corrected chi connectivity index (χ3v) is 6.47. The SMILES string of the molecule is CCCC(=O)Nc1ccc2c(c1)OC[C@@H](C)N(Cc1ccncc1)C[C@@H](C)[C@@H](OC)CN(C)C2=O. The van der Waals surface area contributed by atoms with Gasteiger partial charge in [-0.15, -0.1) is 0 Å². The predicted octanol–water partition coefficient (Wildman–Crippen LogP) is 3.83. The highest BCUT2D eigenvalue weighted by molar-refractivity contribution is 5.98. The first kappa shape index (κ1) is 26.6. The number of methoxy groups -OCH3 is 1. The van der Waals surface area contributed by atoms with Crippen molar-refractivity contribution < 1.29 is 19.1 Å². The van der Waals surface area contributed by atoms with Crippen LogP contribution >= 0.6 is 0 Å². The van der Waals surface area contributed by atoms with Crippen LogP contribution in [0.3, 0.4) is 0 Å². The van der Waals surface area contributed by atoms with Crippen molar-refractivity contribution in [1.82, 2.24) is 14.8 Å². The van der Waals surface area contributed by atoms with Gasteiger partial charge in [-0.25, -0.2) is 0 Å². The molecule has 0 unspecified atom stereocenters. The second kappa shape index (κ2) is 12.7. The van der Waals surface area contributed by atoms with Crippen LogP contribution in [0, 0.1) is 5.92 Å². The van der Waals surface area contributed by atoms with Crippen molar-refractivity contribution in [1.29, 1.82) is 0 Å². The molecule has 0 radical (unpaired) electrons. The lowest BCUT2D eigenvalue weighted by molar-refractivity contribution is -0.116. The minimum absolute atomic E-state index is 0.0575. The number of fused-ring (bicyclic) bond motifs is 1. The van der Waals surface area contributed by atoms with E-state index in [0.29, 0.717) is 36.6 Å². The first-order valence-corrected chi connectivity index (χ1v) is 12.3. The molecule has 8 nitrogen and oxygen atoms in total. The van der Waals surface area contributed by atoms with Crippen molar-refractivity contribution in [2.45, 2.75) is 52.3 Å². The number of hydrogen-bond acceptors (Lipinski definition) is 6. The van der Waals surface area contributed by atoms with E-state index in [1.165, 1.54) is 5.56 Å². The van der Waals surface area contributed by atoms with Crippen LogP contribution in [0.2, 0.25) is 0 Å². The van der Waals surface area contributed by atoms with Gasteiger partial charge in [-0.1, -0.05) is 13.8 Å². The molecule has 0 fully saturated rings. The molecule has 1 aliphatic heterocycles. The second-order valence-corrected chi connectivity index (χ2v) is 9.39. The molecule has 0 aliphatic carbocycles. The molecule has 0 saturated heterocycles. The van der Waals surface area contributed by atoms with Crippen molar-refractivity contribution in [3.8, 4) is 5.75 Å². The Balaban J connectivity index is 1.92. The summed E-state index contributed by atoms with van der Waals surface area (Å²) < 4.78 is 12.1. The van der Waals surface area contributed by atoms with Crippen molar-refractivity contribution >= 4 is 17.5 Å². The van der Waals surface area contributed by atoms with Crippen LogP contribution in [-0.4, -0.2) is 72.6 Å². The third kappa shape index (κ3) is 7.26. The number of benzene rings is 1. The summed E-state index contributed by atoms with van der Waals surface area (Å²) in [6.07, 6.45) is 4.70. The van der Waals surface area contributed by atoms with Crippen LogP contribution in [0.5, 0.6) is 5.75 Å². The molecule has 190 valence electrons. The molecular formula is C27H38N4O4. The number of ether oxygens (including phenoxy) is 2. The number of likely N-dealkylation sites (N-methyl/N-ethyl adjacent to an activating group) is 1. The Morgan fingerprint density at radius 3 is 2.63 bits per heavy atom. The van der Waals surface area contributed by atoms with Crippen LogP contribution in [0.25, 0.3) is 0 Å². The Morgan fingerprint density at radius 1 is 1.20 bits per heavy atom. The monoisotopic (exact) mass is 482 g/mol. The highest BCUT2D eigenvalue weighted by Crippen LogP contribution is 2.27. The number of carbonyl (C=O) groups excluding carboxylic acids is 2. The fourth-order valence-corrected chi connectivity index (χ4v) is 4.32. The van der Waals surface area contributed by atoms with Crippen molar-refractivity contribution in [2.75, 3.05) is 39.2 Å². The zero-order chi connectivity index (χ0) is 25.4. The second-order valence-electron chi connectivity index (χ2n) is 9.39. The first-order chi connectivity index (χ1) is 16.8. The zero-order valence-electron chi connectivity index (χ0n) is 21.5. The van der Waals surface area contributed by atoms with E-state index < -0.39 is 0 Å². The molecule has 2 heterocycles. The Morgan fingerprint density at radius 2 is 1.94 bits per heavy atom. The molecule has 3 atom stereocenters. The molecule has 2 amide bonds. The molecular weight excluding hydrogens is 444 g/mol. The number of rotatable bonds is 6. The maximum atomic E-state index is 13.3. The van der Waals surface area contributed by atoms with E-state index in [0.717, 1.165) is 19.5 Å². The molecule has 1 aromatic heterocycles. The van der Waals surface area contributed by atoms with E-state index in [9.17, 15) is 9.59 Å². The molecule has 8 heteroatoms. The van der Waals surface area contributed by atoms with Crippen LogP contribution in [0.1, 0.15) is 49.5 Å². The topological polar surface area (TPSA) is 84.0 Å². The number of aromatic nitrogens is 1. The minimum Gasteiger partial charge on any atom is -0.491 e. The van der Waals surface area contributed by atoms with Crippen LogP contribution in [-0.2, 0) is 16.1 Å². The lowest BCUT2D eigenvalue weighted by Crippen LogP contribution is -2.46. The number of hydrogen-bond donors (Lipinski definition) is 1. The van der Waals surface area contributed by atoms with E-state index >= 15 is 0 Å². The molecule has 35 heavy (non-hydrogen) atoms. The van der Waals surface area contributed by atoms with Gasteiger partial charge in [-0.3, -0.25) is 19.5 Å². The lowest BCUT2D eigenvalue weighted by atomic mass is 10.0. The van der Waals surface area contributed by atoms with E-state index in [1.807, 2.05) is 19.1 Å². The van der Waals surface area contributed by atoms with Crippen LogP contribution in [0.4, 0.5) is 5.69 Å². The summed E-state index contributed by atoms with van der Waals surface area (Å²) in [5, 5.41) is 2.90. The van der Waals surface area contributed by atoms with E-state index in [2.05, 4.69) is 29.0 Å². The van der Waals surface area contributed by atoms with Gasteiger partial charge in [-0.05, 0) is 49.1 Å². The molecule has 0 saturated carbocycles. The largest absolute Gasteiger partial charge is 0.491 e. The van der Waals surface area contributed by atoms with E-state index in [4.69, 9.17) is 9.47 Å². The van der Waals surface area contributed by atoms with Gasteiger partial charge in [0.15, 0.2) is 0 Å². The molecule has 1 aliphatic rings. The van der Waals surface area contributed by atoms with Crippen molar-refractivity contribution in [3.05, 3.63) is 53.9 Å². The smallest absolute Gasteiger partial charge is 0.257 e. The van der Waals surface area contributed by atoms with Crippen LogP contribution < -0.4 is 10.1 Å². The Labute approximate surface area is 208 Å². The summed E-state index contributed by atoms with van der Waals surface area (Å²) in [6.45, 7) is 8.64. The van der Waals surface area contributed by atoms with Gasteiger partial charge in [-0.2, -0.15) is 0 Å². The standard InChI is InChI=1S/C27H38N4O4/c1-6-7-26(32)29-22-8-9-23-24(14-22)35-18-20(3)31(16-21-10-12-28-13-11-21)15-19(2)25(34-5)17-30(4)27(23)33/h8-14,19-20,25H,6-7,15-18H2,1-5H3,(H,29,32)/t19-,20-,25+/m1/s1. The zero-order valence-corrected chi connectivity index (χ0v) is 21.5. The molecule has 0 spiro atoms. The maximum absolute atomic E-state index is 13.3. The van der Waals surface area contributed by atoms with Gasteiger partial charge in [0.1, 0.15) is 12.4 Å². The quantitative estimate of drug-likeness (QED) is 0.674. The molecule has 1 aromatic carbocycles. The number of nitrogens with zero attached hydrogens (tertiary/aromatic N) is 3.